The lowest BCUT2D eigenvalue weighted by atomic mass is 9.75. The van der Waals surface area contributed by atoms with Crippen molar-refractivity contribution in [3.05, 3.63) is 0 Å². The van der Waals surface area contributed by atoms with Crippen molar-refractivity contribution in [2.45, 2.75) is 59.4 Å². The van der Waals surface area contributed by atoms with E-state index in [-0.39, 0.29) is 0 Å². The van der Waals surface area contributed by atoms with Crippen LogP contribution >= 0.6 is 0 Å². The van der Waals surface area contributed by atoms with Gasteiger partial charge in [0.05, 0.1) is 0 Å². The molecule has 0 bridgehead atoms. The molecule has 2 unspecified atom stereocenters. The third kappa shape index (κ3) is 3.71. The van der Waals surface area contributed by atoms with E-state index in [1.54, 1.807) is 0 Å². The second-order valence-corrected chi connectivity index (χ2v) is 7.62. The third-order valence-corrected chi connectivity index (χ3v) is 5.20. The van der Waals surface area contributed by atoms with Gasteiger partial charge in [-0.25, -0.2) is 0 Å². The van der Waals surface area contributed by atoms with E-state index in [4.69, 9.17) is 0 Å². The first-order chi connectivity index (χ1) is 8.47. The molecule has 0 radical (unpaired) electrons. The summed E-state index contributed by atoms with van der Waals surface area (Å²) in [6.07, 6.45) is 5.56. The first-order valence-electron chi connectivity index (χ1n) is 7.92. The summed E-state index contributed by atoms with van der Waals surface area (Å²) in [5.74, 6) is 1.78. The van der Waals surface area contributed by atoms with Crippen molar-refractivity contribution < 1.29 is 0 Å². The van der Waals surface area contributed by atoms with Crippen LogP contribution in [0.4, 0.5) is 0 Å². The maximum atomic E-state index is 3.72. The van der Waals surface area contributed by atoms with E-state index in [2.05, 4.69) is 37.9 Å². The number of nitrogens with one attached hydrogen (secondary N) is 1. The van der Waals surface area contributed by atoms with E-state index >= 15 is 0 Å². The van der Waals surface area contributed by atoms with Crippen LogP contribution in [0.5, 0.6) is 0 Å². The lowest BCUT2D eigenvalue weighted by Crippen LogP contribution is -2.50. The zero-order valence-electron chi connectivity index (χ0n) is 12.8. The molecule has 0 amide bonds. The van der Waals surface area contributed by atoms with E-state index in [0.717, 1.165) is 17.9 Å². The molecular formula is C16H32N2. The molecule has 2 aliphatic heterocycles. The number of hydrogen-bond donors (Lipinski definition) is 1. The first-order valence-corrected chi connectivity index (χ1v) is 7.92. The molecular weight excluding hydrogens is 220 g/mol. The van der Waals surface area contributed by atoms with Crippen molar-refractivity contribution in [2.75, 3.05) is 26.2 Å². The summed E-state index contributed by atoms with van der Waals surface area (Å²) in [5, 5.41) is 3.72. The number of nitrogens with zero attached hydrogens (tertiary/aromatic N) is 1. The minimum absolute atomic E-state index is 0.502. The Morgan fingerprint density at radius 3 is 2.33 bits per heavy atom. The van der Waals surface area contributed by atoms with Gasteiger partial charge >= 0.3 is 0 Å². The molecule has 2 heteroatoms. The Morgan fingerprint density at radius 2 is 1.78 bits per heavy atom. The smallest absolute Gasteiger partial charge is 0.0220 e. The summed E-state index contributed by atoms with van der Waals surface area (Å²) in [5.41, 5.74) is 0.502. The summed E-state index contributed by atoms with van der Waals surface area (Å²) < 4.78 is 0. The highest BCUT2D eigenvalue weighted by atomic mass is 15.2. The fraction of sp³-hybridized carbons (Fsp3) is 1.00. The number of piperidine rings is 2. The number of hydrogen-bond acceptors (Lipinski definition) is 2. The molecule has 0 spiro atoms. The SMILES string of the molecule is CC1CCCNC1CN1CCC(C(C)(C)C)CC1. The van der Waals surface area contributed by atoms with Crippen molar-refractivity contribution in [1.29, 1.82) is 0 Å². The van der Waals surface area contributed by atoms with Crippen LogP contribution < -0.4 is 5.32 Å². The monoisotopic (exact) mass is 252 g/mol. The highest BCUT2D eigenvalue weighted by molar-refractivity contribution is 4.85. The van der Waals surface area contributed by atoms with Gasteiger partial charge in [-0.15, -0.1) is 0 Å². The molecule has 2 aliphatic rings. The van der Waals surface area contributed by atoms with Gasteiger partial charge in [0, 0.05) is 12.6 Å². The van der Waals surface area contributed by atoms with Gasteiger partial charge in [-0.3, -0.25) is 0 Å². The molecule has 2 heterocycles. The van der Waals surface area contributed by atoms with Crippen LogP contribution in [0.3, 0.4) is 0 Å². The number of rotatable bonds is 2. The zero-order chi connectivity index (χ0) is 13.2. The van der Waals surface area contributed by atoms with Crippen molar-refractivity contribution in [1.82, 2.24) is 10.2 Å². The minimum Gasteiger partial charge on any atom is -0.312 e. The van der Waals surface area contributed by atoms with E-state index < -0.39 is 0 Å². The van der Waals surface area contributed by atoms with Gasteiger partial charge in [-0.1, -0.05) is 27.7 Å². The second kappa shape index (κ2) is 5.92. The van der Waals surface area contributed by atoms with Crippen molar-refractivity contribution >= 4 is 0 Å². The Labute approximate surface area is 114 Å². The molecule has 2 nitrogen and oxygen atoms in total. The summed E-state index contributed by atoms with van der Waals surface area (Å²) in [6, 6.07) is 0.741. The van der Waals surface area contributed by atoms with Crippen LogP contribution in [0.2, 0.25) is 0 Å². The van der Waals surface area contributed by atoms with Crippen molar-refractivity contribution in [3.63, 3.8) is 0 Å². The van der Waals surface area contributed by atoms with Crippen LogP contribution in [-0.4, -0.2) is 37.1 Å². The van der Waals surface area contributed by atoms with E-state index in [1.807, 2.05) is 0 Å². The Hall–Kier alpha value is -0.0800. The Bertz CT molecular complexity index is 248. The van der Waals surface area contributed by atoms with Gasteiger partial charge in [-0.2, -0.15) is 0 Å². The van der Waals surface area contributed by atoms with Gasteiger partial charge in [-0.05, 0) is 62.6 Å². The average molecular weight is 252 g/mol. The van der Waals surface area contributed by atoms with Crippen molar-refractivity contribution in [3.8, 4) is 0 Å². The van der Waals surface area contributed by atoms with E-state index in [0.29, 0.717) is 5.41 Å². The lowest BCUT2D eigenvalue weighted by Gasteiger charge is -2.41. The molecule has 0 aliphatic carbocycles. The highest BCUT2D eigenvalue weighted by Gasteiger charge is 2.30. The molecule has 2 fully saturated rings. The Balaban J connectivity index is 1.76. The normalized spacial score (nSPS) is 32.7. The second-order valence-electron chi connectivity index (χ2n) is 7.62. The molecule has 1 N–H and O–H groups in total. The molecule has 18 heavy (non-hydrogen) atoms. The predicted octanol–water partition coefficient (Wildman–Crippen LogP) is 3.13. The summed E-state index contributed by atoms with van der Waals surface area (Å²) in [7, 11) is 0. The van der Waals surface area contributed by atoms with Crippen molar-refractivity contribution in [2.24, 2.45) is 17.3 Å². The lowest BCUT2D eigenvalue weighted by molar-refractivity contribution is 0.0950. The summed E-state index contributed by atoms with van der Waals surface area (Å²) in [4.78, 5) is 2.70. The molecule has 2 rings (SSSR count). The summed E-state index contributed by atoms with van der Waals surface area (Å²) in [6.45, 7) is 14.7. The van der Waals surface area contributed by atoms with Gasteiger partial charge in [0.2, 0.25) is 0 Å². The van der Waals surface area contributed by atoms with E-state index in [9.17, 15) is 0 Å². The molecule has 0 saturated carbocycles. The minimum atomic E-state index is 0.502. The molecule has 106 valence electrons. The fourth-order valence-electron chi connectivity index (χ4n) is 3.62. The predicted molar refractivity (Wildman–Crippen MR) is 78.8 cm³/mol. The largest absolute Gasteiger partial charge is 0.312 e. The average Bonchev–Trinajstić information content (AvgIpc) is 2.32. The molecule has 2 atom stereocenters. The van der Waals surface area contributed by atoms with Crippen LogP contribution in [0.1, 0.15) is 53.4 Å². The van der Waals surface area contributed by atoms with Gasteiger partial charge < -0.3 is 10.2 Å². The third-order valence-electron chi connectivity index (χ3n) is 5.20. The number of likely N-dealkylation sites (tertiary alicyclic amines) is 1. The maximum Gasteiger partial charge on any atom is 0.0220 e. The first kappa shape index (κ1) is 14.3. The summed E-state index contributed by atoms with van der Waals surface area (Å²) >= 11 is 0. The van der Waals surface area contributed by atoms with Crippen LogP contribution in [0, 0.1) is 17.3 Å². The molecule has 0 aromatic rings. The molecule has 0 aromatic heterocycles. The van der Waals surface area contributed by atoms with E-state index in [1.165, 1.54) is 51.9 Å². The quantitative estimate of drug-likeness (QED) is 0.812. The fourth-order valence-corrected chi connectivity index (χ4v) is 3.62. The Morgan fingerprint density at radius 1 is 1.11 bits per heavy atom. The van der Waals surface area contributed by atoms with Crippen LogP contribution in [0.15, 0.2) is 0 Å². The highest BCUT2D eigenvalue weighted by Crippen LogP contribution is 2.34. The van der Waals surface area contributed by atoms with Gasteiger partial charge in [0.25, 0.3) is 0 Å². The van der Waals surface area contributed by atoms with Gasteiger partial charge in [0.15, 0.2) is 0 Å². The van der Waals surface area contributed by atoms with Crippen LogP contribution in [0.25, 0.3) is 0 Å². The molecule has 0 aromatic carbocycles. The van der Waals surface area contributed by atoms with Gasteiger partial charge in [0.1, 0.15) is 0 Å². The maximum absolute atomic E-state index is 3.72. The van der Waals surface area contributed by atoms with Crippen LogP contribution in [-0.2, 0) is 0 Å². The standard InChI is InChI=1S/C16H32N2/c1-13-6-5-9-17-15(13)12-18-10-7-14(8-11-18)16(2,3)4/h13-15,17H,5-12H2,1-4H3. The Kier molecular flexibility index (Phi) is 4.71. The topological polar surface area (TPSA) is 15.3 Å². The zero-order valence-corrected chi connectivity index (χ0v) is 12.8. The molecule has 2 saturated heterocycles.